The number of nitrogens with zero attached hydrogens (tertiary/aromatic N) is 1. The Morgan fingerprint density at radius 1 is 1.50 bits per heavy atom. The first kappa shape index (κ1) is 13.6. The lowest BCUT2D eigenvalue weighted by molar-refractivity contribution is 0.0775. The van der Waals surface area contributed by atoms with Crippen LogP contribution in [0.2, 0.25) is 0 Å². The van der Waals surface area contributed by atoms with E-state index in [0.717, 1.165) is 29.5 Å². The van der Waals surface area contributed by atoms with Crippen molar-refractivity contribution < 1.29 is 4.79 Å². The second kappa shape index (κ2) is 6.34. The third-order valence-corrected chi connectivity index (χ3v) is 3.82. The number of carbonyl (C=O) groups is 1. The molecule has 4 heteroatoms. The summed E-state index contributed by atoms with van der Waals surface area (Å²) in [5, 5.41) is 3.46. The van der Waals surface area contributed by atoms with Gasteiger partial charge in [-0.05, 0) is 37.6 Å². The molecule has 0 aliphatic carbocycles. The van der Waals surface area contributed by atoms with Crippen LogP contribution in [0.4, 0.5) is 0 Å². The largest absolute Gasteiger partial charge is 0.340 e. The fraction of sp³-hybridized carbons (Fsp3) is 0.500. The van der Waals surface area contributed by atoms with Gasteiger partial charge in [0, 0.05) is 29.7 Å². The highest BCUT2D eigenvalue weighted by Gasteiger charge is 2.18. The van der Waals surface area contributed by atoms with Crippen LogP contribution in [-0.2, 0) is 0 Å². The standard InChI is InChI=1S/C14H19BrN2O/c1-17(10-13-7-2-3-8-16-13)14(18)11-5-4-6-12(15)9-11/h4-6,9,13,16H,2-3,7-8,10H2,1H3. The number of likely N-dealkylation sites (N-methyl/N-ethyl adjacent to an activating group) is 1. The molecule has 0 radical (unpaired) electrons. The summed E-state index contributed by atoms with van der Waals surface area (Å²) in [5.74, 6) is 0.0867. The lowest BCUT2D eigenvalue weighted by Gasteiger charge is -2.28. The van der Waals surface area contributed by atoms with Crippen LogP contribution in [0.3, 0.4) is 0 Å². The van der Waals surface area contributed by atoms with E-state index in [9.17, 15) is 4.79 Å². The van der Waals surface area contributed by atoms with Gasteiger partial charge in [0.2, 0.25) is 0 Å². The number of hydrogen-bond donors (Lipinski definition) is 1. The summed E-state index contributed by atoms with van der Waals surface area (Å²) < 4.78 is 0.942. The average Bonchev–Trinajstić information content (AvgIpc) is 2.39. The van der Waals surface area contributed by atoms with E-state index in [2.05, 4.69) is 21.2 Å². The number of carbonyl (C=O) groups excluding carboxylic acids is 1. The van der Waals surface area contributed by atoms with Crippen molar-refractivity contribution in [3.05, 3.63) is 34.3 Å². The molecule has 0 bridgehead atoms. The highest BCUT2D eigenvalue weighted by molar-refractivity contribution is 9.10. The molecule has 1 aliphatic heterocycles. The molecule has 1 unspecified atom stereocenters. The molecule has 1 saturated heterocycles. The van der Waals surface area contributed by atoms with Crippen molar-refractivity contribution in [3.63, 3.8) is 0 Å². The number of benzene rings is 1. The molecule has 1 N–H and O–H groups in total. The zero-order chi connectivity index (χ0) is 13.0. The Morgan fingerprint density at radius 3 is 3.00 bits per heavy atom. The molecule has 2 rings (SSSR count). The molecule has 1 aromatic carbocycles. The van der Waals surface area contributed by atoms with E-state index in [1.165, 1.54) is 12.8 Å². The first-order valence-electron chi connectivity index (χ1n) is 6.41. The molecule has 0 aromatic heterocycles. The lowest BCUT2D eigenvalue weighted by Crippen LogP contribution is -2.44. The van der Waals surface area contributed by atoms with Gasteiger partial charge in [-0.1, -0.05) is 28.4 Å². The van der Waals surface area contributed by atoms with Gasteiger partial charge in [0.1, 0.15) is 0 Å². The van der Waals surface area contributed by atoms with Crippen molar-refractivity contribution in [2.75, 3.05) is 20.1 Å². The normalized spacial score (nSPS) is 19.6. The fourth-order valence-electron chi connectivity index (χ4n) is 2.34. The quantitative estimate of drug-likeness (QED) is 0.931. The van der Waals surface area contributed by atoms with Crippen LogP contribution in [0.15, 0.2) is 28.7 Å². The maximum Gasteiger partial charge on any atom is 0.253 e. The minimum absolute atomic E-state index is 0.0867. The van der Waals surface area contributed by atoms with E-state index in [1.54, 1.807) is 0 Å². The third kappa shape index (κ3) is 3.56. The zero-order valence-electron chi connectivity index (χ0n) is 10.7. The van der Waals surface area contributed by atoms with Crippen LogP contribution in [0.25, 0.3) is 0 Å². The number of rotatable bonds is 3. The number of nitrogens with one attached hydrogen (secondary N) is 1. The Balaban J connectivity index is 1.95. The van der Waals surface area contributed by atoms with Gasteiger partial charge >= 0.3 is 0 Å². The smallest absolute Gasteiger partial charge is 0.253 e. The third-order valence-electron chi connectivity index (χ3n) is 3.32. The van der Waals surface area contributed by atoms with Crippen LogP contribution < -0.4 is 5.32 Å². The van der Waals surface area contributed by atoms with E-state index in [-0.39, 0.29) is 5.91 Å². The molecule has 18 heavy (non-hydrogen) atoms. The molecule has 3 nitrogen and oxygen atoms in total. The van der Waals surface area contributed by atoms with E-state index >= 15 is 0 Å². The second-order valence-corrected chi connectivity index (χ2v) is 5.76. The minimum atomic E-state index is 0.0867. The Kier molecular flexibility index (Phi) is 4.78. The van der Waals surface area contributed by atoms with Crippen molar-refractivity contribution in [3.8, 4) is 0 Å². The van der Waals surface area contributed by atoms with Crippen molar-refractivity contribution in [1.82, 2.24) is 10.2 Å². The molecule has 1 heterocycles. The van der Waals surface area contributed by atoms with Gasteiger partial charge in [0.05, 0.1) is 0 Å². The average molecular weight is 311 g/mol. The Morgan fingerprint density at radius 2 is 2.33 bits per heavy atom. The summed E-state index contributed by atoms with van der Waals surface area (Å²) >= 11 is 3.39. The van der Waals surface area contributed by atoms with Gasteiger partial charge in [0.25, 0.3) is 5.91 Å². The molecule has 1 atom stereocenters. The second-order valence-electron chi connectivity index (χ2n) is 4.84. The van der Waals surface area contributed by atoms with Gasteiger partial charge in [-0.15, -0.1) is 0 Å². The van der Waals surface area contributed by atoms with Crippen LogP contribution in [0.5, 0.6) is 0 Å². The highest BCUT2D eigenvalue weighted by atomic mass is 79.9. The van der Waals surface area contributed by atoms with Crippen molar-refractivity contribution in [2.24, 2.45) is 0 Å². The van der Waals surface area contributed by atoms with Crippen molar-refractivity contribution in [1.29, 1.82) is 0 Å². The van der Waals surface area contributed by atoms with Crippen molar-refractivity contribution in [2.45, 2.75) is 25.3 Å². The number of halogens is 1. The molecule has 1 amide bonds. The Hall–Kier alpha value is -0.870. The van der Waals surface area contributed by atoms with E-state index in [1.807, 2.05) is 36.2 Å². The van der Waals surface area contributed by atoms with Crippen molar-refractivity contribution >= 4 is 21.8 Å². The van der Waals surface area contributed by atoms with Crippen LogP contribution in [0, 0.1) is 0 Å². The first-order chi connectivity index (χ1) is 8.66. The summed E-state index contributed by atoms with van der Waals surface area (Å²) in [6.07, 6.45) is 3.67. The van der Waals surface area contributed by atoms with Gasteiger partial charge in [-0.2, -0.15) is 0 Å². The summed E-state index contributed by atoms with van der Waals surface area (Å²) in [7, 11) is 1.87. The molecule has 1 aliphatic rings. The van der Waals surface area contributed by atoms with Gasteiger partial charge in [-0.25, -0.2) is 0 Å². The summed E-state index contributed by atoms with van der Waals surface area (Å²) in [6, 6.07) is 7.99. The molecular formula is C14H19BrN2O. The SMILES string of the molecule is CN(CC1CCCCN1)C(=O)c1cccc(Br)c1. The predicted octanol–water partition coefficient (Wildman–Crippen LogP) is 2.66. The minimum Gasteiger partial charge on any atom is -0.340 e. The number of piperidine rings is 1. The van der Waals surface area contributed by atoms with Crippen LogP contribution in [-0.4, -0.2) is 37.0 Å². The monoisotopic (exact) mass is 310 g/mol. The zero-order valence-corrected chi connectivity index (χ0v) is 12.2. The van der Waals surface area contributed by atoms with Gasteiger partial charge in [-0.3, -0.25) is 4.79 Å². The first-order valence-corrected chi connectivity index (χ1v) is 7.20. The fourth-order valence-corrected chi connectivity index (χ4v) is 2.73. The highest BCUT2D eigenvalue weighted by Crippen LogP contribution is 2.14. The predicted molar refractivity (Wildman–Crippen MR) is 76.7 cm³/mol. The van der Waals surface area contributed by atoms with Gasteiger partial charge < -0.3 is 10.2 Å². The van der Waals surface area contributed by atoms with E-state index in [0.29, 0.717) is 6.04 Å². The molecule has 98 valence electrons. The molecular weight excluding hydrogens is 292 g/mol. The Labute approximate surface area is 117 Å². The number of amides is 1. The number of hydrogen-bond acceptors (Lipinski definition) is 2. The maximum absolute atomic E-state index is 12.2. The van der Waals surface area contributed by atoms with Crippen LogP contribution in [0.1, 0.15) is 29.6 Å². The maximum atomic E-state index is 12.2. The van der Waals surface area contributed by atoms with E-state index < -0.39 is 0 Å². The summed E-state index contributed by atoms with van der Waals surface area (Å²) in [5.41, 5.74) is 0.739. The molecule has 0 saturated carbocycles. The Bertz CT molecular complexity index is 416. The van der Waals surface area contributed by atoms with E-state index in [4.69, 9.17) is 0 Å². The topological polar surface area (TPSA) is 32.3 Å². The lowest BCUT2D eigenvalue weighted by atomic mass is 10.0. The summed E-state index contributed by atoms with van der Waals surface area (Å²) in [4.78, 5) is 14.1. The molecule has 0 spiro atoms. The van der Waals surface area contributed by atoms with Crippen LogP contribution >= 0.6 is 15.9 Å². The molecule has 1 aromatic rings. The molecule has 1 fully saturated rings. The summed E-state index contributed by atoms with van der Waals surface area (Å²) in [6.45, 7) is 1.86. The van der Waals surface area contributed by atoms with Gasteiger partial charge in [0.15, 0.2) is 0 Å².